The molecule has 0 unspecified atom stereocenters. The Bertz CT molecular complexity index is 582. The van der Waals surface area contributed by atoms with Gasteiger partial charge in [-0.1, -0.05) is 36.6 Å². The van der Waals surface area contributed by atoms with E-state index >= 15 is 0 Å². The van der Waals surface area contributed by atoms with E-state index in [1.165, 1.54) is 0 Å². The van der Waals surface area contributed by atoms with E-state index in [0.29, 0.717) is 17.4 Å². The number of ether oxygens (including phenoxy) is 1. The number of halogens is 1. The monoisotopic (exact) mass is 366 g/mol. The molecule has 25 heavy (non-hydrogen) atoms. The first kappa shape index (κ1) is 18.5. The molecular formula is C19H27ClN2O3. The van der Waals surface area contributed by atoms with E-state index in [1.54, 1.807) is 0 Å². The quantitative estimate of drug-likeness (QED) is 0.840. The van der Waals surface area contributed by atoms with Gasteiger partial charge in [0.2, 0.25) is 5.91 Å². The zero-order valence-electron chi connectivity index (χ0n) is 14.6. The summed E-state index contributed by atoms with van der Waals surface area (Å²) in [5.41, 5.74) is -0.753. The molecule has 6 heteroatoms. The predicted octanol–water partition coefficient (Wildman–Crippen LogP) is 2.56. The van der Waals surface area contributed by atoms with Crippen molar-refractivity contribution in [2.24, 2.45) is 0 Å². The number of amides is 1. The third-order valence-electron chi connectivity index (χ3n) is 5.24. The molecule has 3 rings (SSSR count). The van der Waals surface area contributed by atoms with Gasteiger partial charge >= 0.3 is 0 Å². The third kappa shape index (κ3) is 5.09. The van der Waals surface area contributed by atoms with Crippen LogP contribution in [0.15, 0.2) is 24.3 Å². The molecule has 1 heterocycles. The molecule has 0 aromatic heterocycles. The van der Waals surface area contributed by atoms with Crippen molar-refractivity contribution >= 4 is 17.5 Å². The second-order valence-corrected chi connectivity index (χ2v) is 7.52. The van der Waals surface area contributed by atoms with Gasteiger partial charge in [-0.05, 0) is 25.0 Å². The maximum atomic E-state index is 12.4. The van der Waals surface area contributed by atoms with E-state index in [-0.39, 0.29) is 12.3 Å². The minimum atomic E-state index is -0.753. The highest BCUT2D eigenvalue weighted by Gasteiger charge is 2.35. The largest absolute Gasteiger partial charge is 0.491 e. The first-order chi connectivity index (χ1) is 12.1. The average molecular weight is 367 g/mol. The Hall–Kier alpha value is -1.30. The molecule has 1 N–H and O–H groups in total. The molecule has 0 atom stereocenters. The van der Waals surface area contributed by atoms with Gasteiger partial charge in [0, 0.05) is 32.7 Å². The lowest BCUT2D eigenvalue weighted by Gasteiger charge is -2.36. The summed E-state index contributed by atoms with van der Waals surface area (Å²) in [6.45, 7) is 4.53. The van der Waals surface area contributed by atoms with Gasteiger partial charge in [0.05, 0.1) is 17.0 Å². The Morgan fingerprint density at radius 2 is 1.84 bits per heavy atom. The highest BCUT2D eigenvalue weighted by molar-refractivity contribution is 6.32. The topological polar surface area (TPSA) is 53.0 Å². The Kier molecular flexibility index (Phi) is 6.20. The third-order valence-corrected chi connectivity index (χ3v) is 5.55. The van der Waals surface area contributed by atoms with Crippen LogP contribution in [0.3, 0.4) is 0 Å². The van der Waals surface area contributed by atoms with E-state index < -0.39 is 5.60 Å². The number of para-hydroxylation sites is 1. The van der Waals surface area contributed by atoms with Crippen molar-refractivity contribution in [2.75, 3.05) is 39.3 Å². The lowest BCUT2D eigenvalue weighted by molar-refractivity contribution is -0.138. The number of piperazine rings is 1. The second-order valence-electron chi connectivity index (χ2n) is 7.11. The normalized spacial score (nSPS) is 20.6. The lowest BCUT2D eigenvalue weighted by atomic mass is 9.97. The zero-order valence-corrected chi connectivity index (χ0v) is 15.4. The molecule has 1 aliphatic heterocycles. The Labute approximate surface area is 154 Å². The average Bonchev–Trinajstić information content (AvgIpc) is 3.03. The van der Waals surface area contributed by atoms with Crippen LogP contribution in [-0.4, -0.2) is 65.7 Å². The van der Waals surface area contributed by atoms with Gasteiger partial charge in [-0.3, -0.25) is 9.69 Å². The summed E-state index contributed by atoms with van der Waals surface area (Å²) in [6.07, 6.45) is 3.87. The van der Waals surface area contributed by atoms with Gasteiger partial charge in [-0.15, -0.1) is 0 Å². The van der Waals surface area contributed by atoms with E-state index in [1.807, 2.05) is 29.2 Å². The molecule has 1 saturated heterocycles. The second kappa shape index (κ2) is 8.39. The highest BCUT2D eigenvalue weighted by atomic mass is 35.5. The first-order valence-electron chi connectivity index (χ1n) is 9.16. The van der Waals surface area contributed by atoms with E-state index in [0.717, 1.165) is 58.4 Å². The molecule has 1 saturated carbocycles. The van der Waals surface area contributed by atoms with Crippen LogP contribution < -0.4 is 4.74 Å². The van der Waals surface area contributed by atoms with Crippen molar-refractivity contribution in [1.29, 1.82) is 0 Å². The van der Waals surface area contributed by atoms with Crippen LogP contribution in [0.5, 0.6) is 5.75 Å². The van der Waals surface area contributed by atoms with Crippen molar-refractivity contribution in [3.05, 3.63) is 29.3 Å². The van der Waals surface area contributed by atoms with Crippen LogP contribution in [0.25, 0.3) is 0 Å². The minimum Gasteiger partial charge on any atom is -0.491 e. The van der Waals surface area contributed by atoms with Crippen LogP contribution in [0, 0.1) is 0 Å². The number of aliphatic hydroxyl groups is 1. The molecule has 1 aliphatic carbocycles. The number of nitrogens with zero attached hydrogens (tertiary/aromatic N) is 2. The first-order valence-corrected chi connectivity index (χ1v) is 9.53. The maximum absolute atomic E-state index is 12.4. The highest BCUT2D eigenvalue weighted by Crippen LogP contribution is 2.32. The van der Waals surface area contributed by atoms with Crippen LogP contribution >= 0.6 is 11.6 Å². The molecule has 1 aromatic rings. The van der Waals surface area contributed by atoms with Gasteiger partial charge in [0.25, 0.3) is 0 Å². The van der Waals surface area contributed by atoms with E-state index in [4.69, 9.17) is 16.3 Å². The molecule has 1 amide bonds. The van der Waals surface area contributed by atoms with Crippen molar-refractivity contribution in [1.82, 2.24) is 9.80 Å². The van der Waals surface area contributed by atoms with Gasteiger partial charge in [0.15, 0.2) is 0 Å². The molecule has 0 spiro atoms. The number of carbonyl (C=O) groups excluding carboxylic acids is 1. The maximum Gasteiger partial charge on any atom is 0.225 e. The van der Waals surface area contributed by atoms with Crippen LogP contribution in [0.2, 0.25) is 5.02 Å². The summed E-state index contributed by atoms with van der Waals surface area (Å²) >= 11 is 6.08. The van der Waals surface area contributed by atoms with Crippen LogP contribution in [0.4, 0.5) is 0 Å². The molecule has 138 valence electrons. The Balaban J connectivity index is 1.37. The summed E-state index contributed by atoms with van der Waals surface area (Å²) in [4.78, 5) is 16.6. The zero-order chi connectivity index (χ0) is 17.7. The van der Waals surface area contributed by atoms with Gasteiger partial charge in [-0.2, -0.15) is 0 Å². The van der Waals surface area contributed by atoms with Crippen molar-refractivity contribution < 1.29 is 14.6 Å². The van der Waals surface area contributed by atoms with Crippen molar-refractivity contribution in [2.45, 2.75) is 37.7 Å². The molecule has 0 radical (unpaired) electrons. The summed E-state index contributed by atoms with van der Waals surface area (Å²) in [5.74, 6) is 0.805. The summed E-state index contributed by atoms with van der Waals surface area (Å²) in [7, 11) is 0. The standard InChI is InChI=1S/C19H27ClN2O3/c20-16-5-1-2-6-17(16)25-14-13-21-9-11-22(12-10-21)18(23)15-19(24)7-3-4-8-19/h1-2,5-6,24H,3-4,7-15H2. The molecule has 5 nitrogen and oxygen atoms in total. The Morgan fingerprint density at radius 3 is 2.52 bits per heavy atom. The SMILES string of the molecule is O=C(CC1(O)CCCC1)N1CCN(CCOc2ccccc2Cl)CC1. The van der Waals surface area contributed by atoms with Crippen molar-refractivity contribution in [3.8, 4) is 5.75 Å². The van der Waals surface area contributed by atoms with Gasteiger partial charge in [0.1, 0.15) is 12.4 Å². The molecule has 1 aromatic carbocycles. The fraction of sp³-hybridized carbons (Fsp3) is 0.632. The molecule has 2 aliphatic rings. The molecule has 2 fully saturated rings. The smallest absolute Gasteiger partial charge is 0.225 e. The summed E-state index contributed by atoms with van der Waals surface area (Å²) in [6, 6.07) is 7.48. The number of benzene rings is 1. The lowest BCUT2D eigenvalue weighted by Crippen LogP contribution is -2.50. The minimum absolute atomic E-state index is 0.0939. The van der Waals surface area contributed by atoms with Crippen LogP contribution in [0.1, 0.15) is 32.1 Å². The summed E-state index contributed by atoms with van der Waals surface area (Å²) < 4.78 is 5.73. The van der Waals surface area contributed by atoms with Crippen molar-refractivity contribution in [3.63, 3.8) is 0 Å². The van der Waals surface area contributed by atoms with E-state index in [9.17, 15) is 9.90 Å². The number of carbonyl (C=O) groups is 1. The fourth-order valence-electron chi connectivity index (χ4n) is 3.67. The summed E-state index contributed by atoms with van der Waals surface area (Å²) in [5, 5.41) is 11.0. The number of hydrogen-bond donors (Lipinski definition) is 1. The van der Waals surface area contributed by atoms with Gasteiger partial charge < -0.3 is 14.7 Å². The van der Waals surface area contributed by atoms with Crippen LogP contribution in [-0.2, 0) is 4.79 Å². The van der Waals surface area contributed by atoms with E-state index in [2.05, 4.69) is 4.90 Å². The number of rotatable bonds is 6. The Morgan fingerprint density at radius 1 is 1.16 bits per heavy atom. The molecule has 0 bridgehead atoms. The van der Waals surface area contributed by atoms with Gasteiger partial charge in [-0.25, -0.2) is 0 Å². The molecular weight excluding hydrogens is 340 g/mol. The number of hydrogen-bond acceptors (Lipinski definition) is 4. The fourth-order valence-corrected chi connectivity index (χ4v) is 3.86. The predicted molar refractivity (Wildman–Crippen MR) is 98.0 cm³/mol.